The molecule has 0 aromatic heterocycles. The Balaban J connectivity index is 1.33. The lowest BCUT2D eigenvalue weighted by Crippen LogP contribution is -2.52. The molecule has 1 N–H and O–H groups in total. The summed E-state index contributed by atoms with van der Waals surface area (Å²) in [6.07, 6.45) is 0. The van der Waals surface area contributed by atoms with Gasteiger partial charge in [0, 0.05) is 32.7 Å². The SMILES string of the molecule is COc1ccc2cc(CNC(=O)N3CCN(S(=O)(=O)c4ccc(C#N)cc4)CC3)ccc2c1. The van der Waals surface area contributed by atoms with Gasteiger partial charge in [-0.1, -0.05) is 18.2 Å². The highest BCUT2D eigenvalue weighted by molar-refractivity contribution is 7.89. The summed E-state index contributed by atoms with van der Waals surface area (Å²) >= 11 is 0. The molecule has 170 valence electrons. The average molecular weight is 465 g/mol. The Kier molecular flexibility index (Phi) is 6.49. The highest BCUT2D eigenvalue weighted by Gasteiger charge is 2.30. The fourth-order valence-corrected chi connectivity index (χ4v) is 5.20. The van der Waals surface area contributed by atoms with Crippen molar-refractivity contribution < 1.29 is 17.9 Å². The van der Waals surface area contributed by atoms with Gasteiger partial charge in [-0.2, -0.15) is 9.57 Å². The minimum absolute atomic E-state index is 0.147. The Morgan fingerprint density at radius 3 is 2.33 bits per heavy atom. The van der Waals surface area contributed by atoms with E-state index >= 15 is 0 Å². The van der Waals surface area contributed by atoms with Gasteiger partial charge in [0.25, 0.3) is 0 Å². The van der Waals surface area contributed by atoms with Crippen LogP contribution in [0.2, 0.25) is 0 Å². The van der Waals surface area contributed by atoms with Crippen LogP contribution in [0.25, 0.3) is 10.8 Å². The van der Waals surface area contributed by atoms with E-state index in [0.717, 1.165) is 22.1 Å². The van der Waals surface area contributed by atoms with Crippen LogP contribution < -0.4 is 10.1 Å². The number of nitrogens with one attached hydrogen (secondary N) is 1. The van der Waals surface area contributed by atoms with E-state index in [-0.39, 0.29) is 24.0 Å². The van der Waals surface area contributed by atoms with Gasteiger partial charge in [0.1, 0.15) is 5.75 Å². The Morgan fingerprint density at radius 2 is 1.67 bits per heavy atom. The van der Waals surface area contributed by atoms with E-state index in [2.05, 4.69) is 5.32 Å². The van der Waals surface area contributed by atoms with E-state index in [4.69, 9.17) is 10.00 Å². The second-order valence-corrected chi connectivity index (χ2v) is 9.67. The molecule has 3 aromatic carbocycles. The van der Waals surface area contributed by atoms with Crippen LogP contribution in [0, 0.1) is 11.3 Å². The van der Waals surface area contributed by atoms with Crippen molar-refractivity contribution >= 4 is 26.8 Å². The zero-order valence-corrected chi connectivity index (χ0v) is 19.0. The number of benzene rings is 3. The molecule has 0 aliphatic carbocycles. The molecule has 3 aromatic rings. The number of amides is 2. The van der Waals surface area contributed by atoms with Crippen LogP contribution in [0.1, 0.15) is 11.1 Å². The Bertz CT molecular complexity index is 1310. The molecule has 0 unspecified atom stereocenters. The highest BCUT2D eigenvalue weighted by atomic mass is 32.2. The lowest BCUT2D eigenvalue weighted by atomic mass is 10.1. The van der Waals surface area contributed by atoms with E-state index in [1.54, 1.807) is 12.0 Å². The zero-order valence-electron chi connectivity index (χ0n) is 18.2. The first-order chi connectivity index (χ1) is 15.9. The molecule has 1 fully saturated rings. The number of carbonyl (C=O) groups is 1. The molecule has 0 spiro atoms. The molecule has 33 heavy (non-hydrogen) atoms. The maximum Gasteiger partial charge on any atom is 0.317 e. The van der Waals surface area contributed by atoms with Crippen molar-refractivity contribution in [2.75, 3.05) is 33.3 Å². The third-order valence-corrected chi connectivity index (χ3v) is 7.62. The quantitative estimate of drug-likeness (QED) is 0.625. The summed E-state index contributed by atoms with van der Waals surface area (Å²) in [5.41, 5.74) is 1.38. The number of sulfonamides is 1. The van der Waals surface area contributed by atoms with Crippen molar-refractivity contribution in [1.82, 2.24) is 14.5 Å². The molecular weight excluding hydrogens is 440 g/mol. The predicted octanol–water partition coefficient (Wildman–Crippen LogP) is 2.94. The van der Waals surface area contributed by atoms with Crippen LogP contribution >= 0.6 is 0 Å². The number of fused-ring (bicyclic) bond motifs is 1. The van der Waals surface area contributed by atoms with Crippen molar-refractivity contribution in [2.45, 2.75) is 11.4 Å². The third kappa shape index (κ3) is 4.92. The molecule has 0 radical (unpaired) electrons. The molecule has 0 atom stereocenters. The average Bonchev–Trinajstić information content (AvgIpc) is 2.86. The summed E-state index contributed by atoms with van der Waals surface area (Å²) in [5, 5.41) is 13.9. The maximum absolute atomic E-state index is 12.8. The number of nitrogens with zero attached hydrogens (tertiary/aromatic N) is 3. The van der Waals surface area contributed by atoms with Crippen LogP contribution in [-0.4, -0.2) is 56.9 Å². The van der Waals surface area contributed by atoms with Gasteiger partial charge in [-0.05, 0) is 58.8 Å². The molecule has 4 rings (SSSR count). The van der Waals surface area contributed by atoms with E-state index in [1.165, 1.54) is 28.6 Å². The van der Waals surface area contributed by atoms with Crippen molar-refractivity contribution in [3.63, 3.8) is 0 Å². The number of hydrogen-bond acceptors (Lipinski definition) is 5. The Hall–Kier alpha value is -3.61. The summed E-state index contributed by atoms with van der Waals surface area (Å²) < 4.78 is 32.3. The predicted molar refractivity (Wildman–Crippen MR) is 124 cm³/mol. The number of carbonyl (C=O) groups excluding carboxylic acids is 1. The summed E-state index contributed by atoms with van der Waals surface area (Å²) in [6.45, 7) is 1.42. The highest BCUT2D eigenvalue weighted by Crippen LogP contribution is 2.22. The Morgan fingerprint density at radius 1 is 1.00 bits per heavy atom. The molecule has 1 heterocycles. The molecule has 1 saturated heterocycles. The molecule has 9 heteroatoms. The van der Waals surface area contributed by atoms with Gasteiger partial charge in [-0.25, -0.2) is 13.2 Å². The number of methoxy groups -OCH3 is 1. The number of urea groups is 1. The fourth-order valence-electron chi connectivity index (χ4n) is 3.78. The van der Waals surface area contributed by atoms with Crippen molar-refractivity contribution in [2.24, 2.45) is 0 Å². The number of ether oxygens (including phenoxy) is 1. The van der Waals surface area contributed by atoms with Crippen LogP contribution in [0.15, 0.2) is 65.6 Å². The second-order valence-electron chi connectivity index (χ2n) is 7.73. The maximum atomic E-state index is 12.8. The van der Waals surface area contributed by atoms with E-state index < -0.39 is 10.0 Å². The van der Waals surface area contributed by atoms with Crippen LogP contribution in [-0.2, 0) is 16.6 Å². The lowest BCUT2D eigenvalue weighted by Gasteiger charge is -2.34. The first kappa shape index (κ1) is 22.6. The van der Waals surface area contributed by atoms with Gasteiger partial charge in [0.05, 0.1) is 23.6 Å². The first-order valence-electron chi connectivity index (χ1n) is 10.5. The van der Waals surface area contributed by atoms with Gasteiger partial charge in [-0.3, -0.25) is 0 Å². The summed E-state index contributed by atoms with van der Waals surface area (Å²) in [7, 11) is -2.03. The summed E-state index contributed by atoms with van der Waals surface area (Å²) in [5.74, 6) is 0.795. The molecular formula is C24H24N4O4S. The van der Waals surface area contributed by atoms with Crippen molar-refractivity contribution in [3.05, 3.63) is 71.8 Å². The molecule has 0 saturated carbocycles. The number of hydrogen-bond donors (Lipinski definition) is 1. The van der Waals surface area contributed by atoms with Gasteiger partial charge >= 0.3 is 6.03 Å². The number of nitriles is 1. The third-order valence-electron chi connectivity index (χ3n) is 5.70. The number of rotatable bonds is 5. The van der Waals surface area contributed by atoms with Gasteiger partial charge in [-0.15, -0.1) is 0 Å². The monoisotopic (exact) mass is 464 g/mol. The topological polar surface area (TPSA) is 103 Å². The minimum atomic E-state index is -3.66. The number of piperazine rings is 1. The standard InChI is InChI=1S/C24H24N4O4S/c1-32-22-7-6-20-14-19(2-5-21(20)15-22)17-26-24(29)27-10-12-28(13-11-27)33(30,31)23-8-3-18(16-25)4-9-23/h2-9,14-15H,10-13,17H2,1H3,(H,26,29). The van der Waals surface area contributed by atoms with Gasteiger partial charge < -0.3 is 15.0 Å². The van der Waals surface area contributed by atoms with Crippen LogP contribution in [0.5, 0.6) is 5.75 Å². The molecule has 2 amide bonds. The fraction of sp³-hybridized carbons (Fsp3) is 0.250. The van der Waals surface area contributed by atoms with E-state index in [0.29, 0.717) is 25.2 Å². The second kappa shape index (κ2) is 9.48. The van der Waals surface area contributed by atoms with Gasteiger partial charge in [0.15, 0.2) is 0 Å². The van der Waals surface area contributed by atoms with E-state index in [1.807, 2.05) is 42.5 Å². The molecule has 0 bridgehead atoms. The molecule has 1 aliphatic rings. The van der Waals surface area contributed by atoms with Gasteiger partial charge in [0.2, 0.25) is 10.0 Å². The lowest BCUT2D eigenvalue weighted by molar-refractivity contribution is 0.172. The molecule has 8 nitrogen and oxygen atoms in total. The summed E-state index contributed by atoms with van der Waals surface area (Å²) in [6, 6.07) is 19.4. The molecule has 1 aliphatic heterocycles. The minimum Gasteiger partial charge on any atom is -0.497 e. The zero-order chi connectivity index (χ0) is 23.4. The Labute approximate surface area is 193 Å². The first-order valence-corrected chi connectivity index (χ1v) is 11.9. The summed E-state index contributed by atoms with van der Waals surface area (Å²) in [4.78, 5) is 14.4. The van der Waals surface area contributed by atoms with Crippen LogP contribution in [0.3, 0.4) is 0 Å². The normalized spacial score (nSPS) is 14.6. The smallest absolute Gasteiger partial charge is 0.317 e. The largest absolute Gasteiger partial charge is 0.497 e. The van der Waals surface area contributed by atoms with Crippen LogP contribution in [0.4, 0.5) is 4.79 Å². The van der Waals surface area contributed by atoms with Crippen molar-refractivity contribution in [3.8, 4) is 11.8 Å². The van der Waals surface area contributed by atoms with Crippen molar-refractivity contribution in [1.29, 1.82) is 5.26 Å². The van der Waals surface area contributed by atoms with E-state index in [9.17, 15) is 13.2 Å².